The summed E-state index contributed by atoms with van der Waals surface area (Å²) in [5.41, 5.74) is -0.290. The molecule has 0 unspecified atom stereocenters. The molecule has 0 heterocycles. The second kappa shape index (κ2) is 9.30. The van der Waals surface area contributed by atoms with Crippen LogP contribution in [0, 0.1) is 30.3 Å². The van der Waals surface area contributed by atoms with Gasteiger partial charge in [-0.1, -0.05) is 18.2 Å². The molecule has 0 aliphatic carbocycles. The second-order valence-electron chi connectivity index (χ2n) is 6.32. The lowest BCUT2D eigenvalue weighted by Crippen LogP contribution is -2.15. The van der Waals surface area contributed by atoms with Gasteiger partial charge in [-0.05, 0) is 18.2 Å². The van der Waals surface area contributed by atoms with E-state index < -0.39 is 20.9 Å². The number of hydrogen-bond donors (Lipinski definition) is 0. The minimum absolute atomic E-state index is 0.0252. The summed E-state index contributed by atoms with van der Waals surface area (Å²) in [4.78, 5) is 43.4. The number of nitrogens with zero attached hydrogens (tertiary/aromatic N) is 3. The van der Waals surface area contributed by atoms with Gasteiger partial charge in [0, 0.05) is 47.9 Å². The van der Waals surface area contributed by atoms with E-state index in [1.165, 1.54) is 36.4 Å². The first kappa shape index (κ1) is 21.8. The topological polar surface area (TPSA) is 165 Å². The molecule has 0 amide bonds. The Kier molecular flexibility index (Phi) is 6.34. The van der Waals surface area contributed by atoms with Crippen molar-refractivity contribution < 1.29 is 29.0 Å². The van der Waals surface area contributed by atoms with Crippen molar-refractivity contribution in [3.05, 3.63) is 108 Å². The summed E-state index contributed by atoms with van der Waals surface area (Å²) in [7, 11) is 0. The highest BCUT2D eigenvalue weighted by Crippen LogP contribution is 2.30. The lowest BCUT2D eigenvalue weighted by Gasteiger charge is -2.11. The minimum Gasteiger partial charge on any atom is -0.395 e. The molecule has 0 bridgehead atoms. The van der Waals surface area contributed by atoms with Gasteiger partial charge in [-0.2, -0.15) is 0 Å². The van der Waals surface area contributed by atoms with Crippen LogP contribution in [0.2, 0.25) is 0 Å². The molecule has 0 aliphatic heterocycles. The van der Waals surface area contributed by atoms with Crippen molar-refractivity contribution in [2.75, 3.05) is 0 Å². The first-order chi connectivity index (χ1) is 15.2. The van der Waals surface area contributed by atoms with Gasteiger partial charge >= 0.3 is 6.16 Å². The number of benzene rings is 3. The van der Waals surface area contributed by atoms with Crippen molar-refractivity contribution in [2.45, 2.75) is 6.42 Å². The molecule has 0 spiro atoms. The maximum absolute atomic E-state index is 12.2. The van der Waals surface area contributed by atoms with Crippen molar-refractivity contribution in [1.82, 2.24) is 0 Å². The Bertz CT molecular complexity index is 1210. The number of carbonyl (C=O) groups is 1. The molecule has 3 rings (SSSR count). The number of para-hydroxylation sites is 1. The van der Waals surface area contributed by atoms with Crippen molar-refractivity contribution >= 4 is 23.2 Å². The summed E-state index contributed by atoms with van der Waals surface area (Å²) in [5, 5.41) is 33.1. The van der Waals surface area contributed by atoms with Gasteiger partial charge in [-0.25, -0.2) is 4.79 Å². The van der Waals surface area contributed by atoms with E-state index in [2.05, 4.69) is 0 Å². The number of nitro groups is 3. The molecule has 0 fully saturated rings. The molecule has 0 aromatic heterocycles. The van der Waals surface area contributed by atoms with Crippen molar-refractivity contribution in [3.63, 3.8) is 0 Å². The SMILES string of the molecule is O=C(Oc1ccc([N+](=O)[O-])cc1)Oc1ccc([N+](=O)[O-])cc1Cc1ccccc1[N+](=O)[O-]. The van der Waals surface area contributed by atoms with Crippen LogP contribution in [0.3, 0.4) is 0 Å². The van der Waals surface area contributed by atoms with E-state index in [0.717, 1.165) is 24.3 Å². The fourth-order valence-electron chi connectivity index (χ4n) is 2.80. The molecule has 12 nitrogen and oxygen atoms in total. The number of nitro benzene ring substituents is 3. The quantitative estimate of drug-likeness (QED) is 0.222. The largest absolute Gasteiger partial charge is 0.519 e. The lowest BCUT2D eigenvalue weighted by atomic mass is 10.0. The predicted octanol–water partition coefficient (Wildman–Crippen LogP) is 4.58. The van der Waals surface area contributed by atoms with Crippen LogP contribution in [0.4, 0.5) is 21.9 Å². The Balaban J connectivity index is 1.86. The molecule has 0 saturated carbocycles. The monoisotopic (exact) mass is 439 g/mol. The lowest BCUT2D eigenvalue weighted by molar-refractivity contribution is -0.385. The zero-order valence-electron chi connectivity index (χ0n) is 16.1. The molecule has 0 atom stereocenters. The van der Waals surface area contributed by atoms with Crippen LogP contribution in [0.1, 0.15) is 11.1 Å². The predicted molar refractivity (Wildman–Crippen MR) is 109 cm³/mol. The van der Waals surface area contributed by atoms with Crippen molar-refractivity contribution in [1.29, 1.82) is 0 Å². The summed E-state index contributed by atoms with van der Waals surface area (Å²) in [6, 6.07) is 13.9. The van der Waals surface area contributed by atoms with E-state index in [4.69, 9.17) is 9.47 Å². The van der Waals surface area contributed by atoms with Gasteiger partial charge in [0.05, 0.1) is 14.8 Å². The highest BCUT2D eigenvalue weighted by atomic mass is 16.7. The zero-order valence-corrected chi connectivity index (χ0v) is 16.1. The number of ether oxygens (including phenoxy) is 2. The number of non-ortho nitro benzene ring substituents is 2. The second-order valence-corrected chi connectivity index (χ2v) is 6.32. The standard InChI is InChI=1S/C20H13N3O9/c24-20(31-17-8-5-15(6-9-17)21(25)26)32-19-10-7-16(22(27)28)12-14(19)11-13-3-1-2-4-18(13)23(29)30/h1-10,12H,11H2. The smallest absolute Gasteiger partial charge is 0.395 e. The average Bonchev–Trinajstić information content (AvgIpc) is 2.75. The molecular formula is C20H13N3O9. The summed E-state index contributed by atoms with van der Waals surface area (Å²) in [5.74, 6) is -0.122. The fourth-order valence-corrected chi connectivity index (χ4v) is 2.80. The Morgan fingerprint density at radius 1 is 0.719 bits per heavy atom. The molecule has 3 aromatic rings. The highest BCUT2D eigenvalue weighted by Gasteiger charge is 2.20. The van der Waals surface area contributed by atoms with Gasteiger partial charge in [-0.3, -0.25) is 30.3 Å². The molecule has 0 N–H and O–H groups in total. The normalized spacial score (nSPS) is 10.2. The minimum atomic E-state index is -1.20. The van der Waals surface area contributed by atoms with E-state index in [1.807, 2.05) is 0 Å². The van der Waals surface area contributed by atoms with E-state index in [1.54, 1.807) is 6.07 Å². The van der Waals surface area contributed by atoms with Crippen LogP contribution >= 0.6 is 0 Å². The van der Waals surface area contributed by atoms with Crippen LogP contribution in [0.15, 0.2) is 66.7 Å². The molecule has 12 heteroatoms. The number of rotatable bonds is 7. The third-order valence-electron chi connectivity index (χ3n) is 4.27. The first-order valence-electron chi connectivity index (χ1n) is 8.88. The van der Waals surface area contributed by atoms with Crippen molar-refractivity contribution in [3.8, 4) is 11.5 Å². The van der Waals surface area contributed by atoms with E-state index >= 15 is 0 Å². The summed E-state index contributed by atoms with van der Waals surface area (Å²) in [6.07, 6.45) is -1.32. The molecule has 0 aliphatic rings. The van der Waals surface area contributed by atoms with E-state index in [0.29, 0.717) is 0 Å². The van der Waals surface area contributed by atoms with Crippen LogP contribution in [0.5, 0.6) is 11.5 Å². The summed E-state index contributed by atoms with van der Waals surface area (Å²) >= 11 is 0. The van der Waals surface area contributed by atoms with Crippen LogP contribution in [-0.2, 0) is 6.42 Å². The maximum Gasteiger partial charge on any atom is 0.519 e. The van der Waals surface area contributed by atoms with Gasteiger partial charge in [0.15, 0.2) is 0 Å². The van der Waals surface area contributed by atoms with Gasteiger partial charge in [0.25, 0.3) is 17.1 Å². The third-order valence-corrected chi connectivity index (χ3v) is 4.27. The van der Waals surface area contributed by atoms with Crippen LogP contribution in [-0.4, -0.2) is 20.9 Å². The first-order valence-corrected chi connectivity index (χ1v) is 8.88. The molecular weight excluding hydrogens is 426 g/mol. The zero-order chi connectivity index (χ0) is 23.3. The fraction of sp³-hybridized carbons (Fsp3) is 0.0500. The molecule has 162 valence electrons. The Morgan fingerprint density at radius 3 is 1.97 bits per heavy atom. The summed E-state index contributed by atoms with van der Waals surface area (Å²) in [6.45, 7) is 0. The van der Waals surface area contributed by atoms with Crippen molar-refractivity contribution in [2.24, 2.45) is 0 Å². The maximum atomic E-state index is 12.2. The Morgan fingerprint density at radius 2 is 1.34 bits per heavy atom. The van der Waals surface area contributed by atoms with Gasteiger partial charge < -0.3 is 9.47 Å². The van der Waals surface area contributed by atoms with Gasteiger partial charge in [-0.15, -0.1) is 0 Å². The molecule has 0 saturated heterocycles. The van der Waals surface area contributed by atoms with E-state index in [-0.39, 0.29) is 46.1 Å². The van der Waals surface area contributed by atoms with Crippen LogP contribution in [0.25, 0.3) is 0 Å². The average molecular weight is 439 g/mol. The Labute approximate surface area is 179 Å². The number of carbonyl (C=O) groups excluding carboxylic acids is 1. The molecule has 3 aromatic carbocycles. The molecule has 32 heavy (non-hydrogen) atoms. The number of hydrogen-bond acceptors (Lipinski definition) is 9. The Hall–Kier alpha value is -4.87. The summed E-state index contributed by atoms with van der Waals surface area (Å²) < 4.78 is 10.1. The van der Waals surface area contributed by atoms with Crippen LogP contribution < -0.4 is 9.47 Å². The van der Waals surface area contributed by atoms with Gasteiger partial charge in [0.2, 0.25) is 0 Å². The third kappa shape index (κ3) is 5.18. The van der Waals surface area contributed by atoms with E-state index in [9.17, 15) is 35.1 Å². The molecule has 0 radical (unpaired) electrons. The highest BCUT2D eigenvalue weighted by molar-refractivity contribution is 5.68. The van der Waals surface area contributed by atoms with Gasteiger partial charge in [0.1, 0.15) is 11.5 Å².